The Hall–Kier alpha value is -1.35. The maximum atomic E-state index is 12.1. The van der Waals surface area contributed by atoms with Gasteiger partial charge in [-0.2, -0.15) is 0 Å². The van der Waals surface area contributed by atoms with Gasteiger partial charge in [-0.15, -0.1) is 0 Å². The maximum Gasteiger partial charge on any atom is 0.337 e. The molecule has 2 rings (SSSR count). The second kappa shape index (κ2) is 6.40. The molecule has 2 N–H and O–H groups in total. The fourth-order valence-electron chi connectivity index (χ4n) is 2.00. The Morgan fingerprint density at radius 1 is 1.50 bits per heavy atom. The van der Waals surface area contributed by atoms with Crippen LogP contribution in [0.5, 0.6) is 0 Å². The molecule has 7 heteroatoms. The van der Waals surface area contributed by atoms with Gasteiger partial charge in [-0.3, -0.25) is 0 Å². The highest BCUT2D eigenvalue weighted by Gasteiger charge is 2.22. The summed E-state index contributed by atoms with van der Waals surface area (Å²) in [6.07, 6.45) is -0.00911. The van der Waals surface area contributed by atoms with Crippen molar-refractivity contribution in [3.63, 3.8) is 0 Å². The molecule has 0 saturated carbocycles. The Bertz CT molecular complexity index is 535. The molecule has 1 heterocycles. The first-order chi connectivity index (χ1) is 9.47. The van der Waals surface area contributed by atoms with Crippen LogP contribution in [0.1, 0.15) is 17.3 Å². The van der Waals surface area contributed by atoms with Crippen LogP contribution < -0.4 is 5.32 Å². The summed E-state index contributed by atoms with van der Waals surface area (Å²) in [6, 6.07) is 4.58. The molecule has 6 nitrogen and oxygen atoms in total. The molecule has 1 aromatic carbocycles. The van der Waals surface area contributed by atoms with Crippen molar-refractivity contribution in [1.82, 2.24) is 4.90 Å². The van der Waals surface area contributed by atoms with Gasteiger partial charge in [0.15, 0.2) is 0 Å². The van der Waals surface area contributed by atoms with E-state index < -0.39 is 5.97 Å². The van der Waals surface area contributed by atoms with E-state index in [-0.39, 0.29) is 17.7 Å². The van der Waals surface area contributed by atoms with Crippen molar-refractivity contribution in [1.29, 1.82) is 0 Å². The van der Waals surface area contributed by atoms with Gasteiger partial charge in [0.1, 0.15) is 0 Å². The molecular formula is C13H15IN2O4. The van der Waals surface area contributed by atoms with Crippen LogP contribution in [0.4, 0.5) is 10.5 Å². The molecule has 1 aliphatic heterocycles. The quantitative estimate of drug-likeness (QED) is 0.760. The number of hydrogen-bond acceptors (Lipinski definition) is 3. The molecule has 1 fully saturated rings. The fourth-order valence-corrected chi connectivity index (χ4v) is 2.49. The van der Waals surface area contributed by atoms with Crippen LogP contribution in [0, 0.1) is 3.57 Å². The van der Waals surface area contributed by atoms with Gasteiger partial charge in [-0.05, 0) is 47.7 Å². The summed E-state index contributed by atoms with van der Waals surface area (Å²) in [5, 5.41) is 11.8. The Morgan fingerprint density at radius 3 is 2.90 bits per heavy atom. The molecule has 0 radical (unpaired) electrons. The van der Waals surface area contributed by atoms with Crippen molar-refractivity contribution >= 4 is 40.3 Å². The third-order valence-electron chi connectivity index (χ3n) is 2.98. The van der Waals surface area contributed by atoms with Gasteiger partial charge < -0.3 is 20.1 Å². The number of ether oxygens (including phenoxy) is 1. The molecule has 1 unspecified atom stereocenters. The second-order valence-corrected chi connectivity index (χ2v) is 5.80. The number of carboxylic acid groups (broad SMARTS) is 1. The van der Waals surface area contributed by atoms with Crippen LogP contribution in [0.25, 0.3) is 0 Å². The van der Waals surface area contributed by atoms with Crippen molar-refractivity contribution in [2.24, 2.45) is 0 Å². The van der Waals surface area contributed by atoms with Gasteiger partial charge in [-0.25, -0.2) is 9.59 Å². The average Bonchev–Trinajstić information content (AvgIpc) is 2.40. The van der Waals surface area contributed by atoms with Gasteiger partial charge in [0.05, 0.1) is 24.0 Å². The highest BCUT2D eigenvalue weighted by Crippen LogP contribution is 2.20. The summed E-state index contributed by atoms with van der Waals surface area (Å²) in [5.74, 6) is -1.06. The standard InChI is InChI=1S/C13H15IN2O4/c1-8-7-16(4-5-20-8)13(19)15-11-3-2-9(14)6-10(11)12(17)18/h2-3,6,8H,4-5,7H2,1H3,(H,15,19)(H,17,18). The van der Waals surface area contributed by atoms with Gasteiger partial charge in [0, 0.05) is 16.7 Å². The number of amides is 2. The number of carbonyl (C=O) groups is 2. The normalized spacial score (nSPS) is 18.7. The zero-order valence-electron chi connectivity index (χ0n) is 10.9. The number of halogens is 1. The van der Waals surface area contributed by atoms with E-state index in [0.29, 0.717) is 25.4 Å². The maximum absolute atomic E-state index is 12.1. The minimum absolute atomic E-state index is 0.00911. The van der Waals surface area contributed by atoms with Crippen molar-refractivity contribution in [2.45, 2.75) is 13.0 Å². The van der Waals surface area contributed by atoms with Gasteiger partial charge in [0.2, 0.25) is 0 Å². The molecule has 1 atom stereocenters. The van der Waals surface area contributed by atoms with E-state index in [0.717, 1.165) is 3.57 Å². The summed E-state index contributed by atoms with van der Waals surface area (Å²) < 4.78 is 6.17. The third-order valence-corrected chi connectivity index (χ3v) is 3.65. The van der Waals surface area contributed by atoms with E-state index in [9.17, 15) is 9.59 Å². The number of morpholine rings is 1. The number of urea groups is 1. The number of nitrogens with zero attached hydrogens (tertiary/aromatic N) is 1. The minimum atomic E-state index is -1.06. The molecule has 20 heavy (non-hydrogen) atoms. The molecule has 0 aromatic heterocycles. The lowest BCUT2D eigenvalue weighted by molar-refractivity contribution is -0.00139. The van der Waals surface area contributed by atoms with Crippen LogP contribution in [0.15, 0.2) is 18.2 Å². The first kappa shape index (κ1) is 15.0. The van der Waals surface area contributed by atoms with E-state index in [2.05, 4.69) is 5.32 Å². The number of nitrogens with one attached hydrogen (secondary N) is 1. The van der Waals surface area contributed by atoms with E-state index in [1.165, 1.54) is 6.07 Å². The average molecular weight is 390 g/mol. The van der Waals surface area contributed by atoms with E-state index >= 15 is 0 Å². The largest absolute Gasteiger partial charge is 0.478 e. The molecule has 0 aliphatic carbocycles. The summed E-state index contributed by atoms with van der Waals surface area (Å²) in [6.45, 7) is 3.39. The predicted octanol–water partition coefficient (Wildman–Crippen LogP) is 2.24. The van der Waals surface area contributed by atoms with Gasteiger partial charge in [0.25, 0.3) is 0 Å². The minimum Gasteiger partial charge on any atom is -0.478 e. The lowest BCUT2D eigenvalue weighted by Gasteiger charge is -2.31. The monoisotopic (exact) mass is 390 g/mol. The Balaban J connectivity index is 2.13. The van der Waals surface area contributed by atoms with E-state index in [1.54, 1.807) is 17.0 Å². The van der Waals surface area contributed by atoms with E-state index in [4.69, 9.17) is 9.84 Å². The lowest BCUT2D eigenvalue weighted by atomic mass is 10.2. The number of aromatic carboxylic acids is 1. The zero-order chi connectivity index (χ0) is 14.7. The molecule has 0 bridgehead atoms. The van der Waals surface area contributed by atoms with Crippen molar-refractivity contribution in [3.8, 4) is 0 Å². The van der Waals surface area contributed by atoms with Crippen molar-refractivity contribution in [3.05, 3.63) is 27.3 Å². The molecule has 0 spiro atoms. The van der Waals surface area contributed by atoms with Crippen molar-refractivity contribution < 1.29 is 19.4 Å². The van der Waals surface area contributed by atoms with Crippen LogP contribution in [0.2, 0.25) is 0 Å². The van der Waals surface area contributed by atoms with Gasteiger partial charge >= 0.3 is 12.0 Å². The fraction of sp³-hybridized carbons (Fsp3) is 0.385. The first-order valence-electron chi connectivity index (χ1n) is 6.17. The second-order valence-electron chi connectivity index (χ2n) is 4.55. The Labute approximate surface area is 130 Å². The number of hydrogen-bond donors (Lipinski definition) is 2. The summed E-state index contributed by atoms with van der Waals surface area (Å²) in [7, 11) is 0. The highest BCUT2D eigenvalue weighted by molar-refractivity contribution is 14.1. The summed E-state index contributed by atoms with van der Waals surface area (Å²) in [4.78, 5) is 25.0. The first-order valence-corrected chi connectivity index (χ1v) is 7.25. The van der Waals surface area contributed by atoms with E-state index in [1.807, 2.05) is 29.5 Å². The number of carboxylic acids is 1. The Morgan fingerprint density at radius 2 is 2.25 bits per heavy atom. The molecule has 108 valence electrons. The lowest BCUT2D eigenvalue weighted by Crippen LogP contribution is -2.46. The molecule has 2 amide bonds. The molecule has 1 saturated heterocycles. The molecule has 1 aromatic rings. The number of anilines is 1. The van der Waals surface area contributed by atoms with Gasteiger partial charge in [-0.1, -0.05) is 0 Å². The third kappa shape index (κ3) is 3.60. The highest BCUT2D eigenvalue weighted by atomic mass is 127. The number of carbonyl (C=O) groups excluding carboxylic acids is 1. The SMILES string of the molecule is CC1CN(C(=O)Nc2ccc(I)cc2C(=O)O)CCO1. The molecule has 1 aliphatic rings. The smallest absolute Gasteiger partial charge is 0.337 e. The molecular weight excluding hydrogens is 375 g/mol. The van der Waals surface area contributed by atoms with Crippen LogP contribution in [0.3, 0.4) is 0 Å². The van der Waals surface area contributed by atoms with Crippen molar-refractivity contribution in [2.75, 3.05) is 25.0 Å². The Kier molecular flexibility index (Phi) is 4.81. The predicted molar refractivity (Wildman–Crippen MR) is 82.1 cm³/mol. The summed E-state index contributed by atoms with van der Waals surface area (Å²) in [5.41, 5.74) is 0.397. The number of rotatable bonds is 2. The van der Waals surface area contributed by atoms with Crippen LogP contribution in [-0.4, -0.2) is 47.8 Å². The van der Waals surface area contributed by atoms with Crippen LogP contribution in [-0.2, 0) is 4.74 Å². The summed E-state index contributed by atoms with van der Waals surface area (Å²) >= 11 is 2.03. The number of benzene rings is 1. The van der Waals surface area contributed by atoms with Crippen LogP contribution >= 0.6 is 22.6 Å². The topological polar surface area (TPSA) is 78.9 Å². The zero-order valence-corrected chi connectivity index (χ0v) is 13.1.